The number of hydrogen-bond acceptors (Lipinski definition) is 1. The molecular weight excluding hydrogens is 383 g/mol. The summed E-state index contributed by atoms with van der Waals surface area (Å²) >= 11 is 6.52. The molecule has 0 radical (unpaired) electrons. The smallest absolute Gasteiger partial charge is 0.123 e. The van der Waals surface area contributed by atoms with Crippen LogP contribution in [0.5, 0.6) is 0 Å². The van der Waals surface area contributed by atoms with Crippen molar-refractivity contribution in [3.63, 3.8) is 0 Å². The molecule has 4 heteroatoms. The highest BCUT2D eigenvalue weighted by atomic mass is 35.5. The first kappa shape index (κ1) is 20.2. The SMILES string of the molecule is CCc1[nH]c2ccc(/C=C(\Cl)c3ccc(F)cc3)cc2c1C1CCN(CC)CC1. The molecule has 0 amide bonds. The molecule has 1 fully saturated rings. The van der Waals surface area contributed by atoms with Gasteiger partial charge in [0.2, 0.25) is 0 Å². The van der Waals surface area contributed by atoms with Gasteiger partial charge < -0.3 is 9.88 Å². The van der Waals surface area contributed by atoms with E-state index in [4.69, 9.17) is 11.6 Å². The maximum Gasteiger partial charge on any atom is 0.123 e. The predicted octanol–water partition coefficient (Wildman–Crippen LogP) is 6.81. The van der Waals surface area contributed by atoms with Crippen molar-refractivity contribution in [1.82, 2.24) is 9.88 Å². The fraction of sp³-hybridized carbons (Fsp3) is 0.360. The van der Waals surface area contributed by atoms with E-state index in [1.165, 1.54) is 60.2 Å². The molecule has 2 nitrogen and oxygen atoms in total. The lowest BCUT2D eigenvalue weighted by atomic mass is 9.86. The van der Waals surface area contributed by atoms with Crippen molar-refractivity contribution in [1.29, 1.82) is 0 Å². The molecule has 2 heterocycles. The van der Waals surface area contributed by atoms with Gasteiger partial charge in [-0.3, -0.25) is 0 Å². The van der Waals surface area contributed by atoms with Crippen molar-refractivity contribution in [3.8, 4) is 0 Å². The van der Waals surface area contributed by atoms with Crippen LogP contribution < -0.4 is 0 Å². The average molecular weight is 411 g/mol. The Labute approximate surface area is 177 Å². The molecule has 1 aromatic heterocycles. The molecule has 1 saturated heterocycles. The van der Waals surface area contributed by atoms with Crippen molar-refractivity contribution >= 4 is 33.6 Å². The zero-order valence-corrected chi connectivity index (χ0v) is 17.9. The van der Waals surface area contributed by atoms with Crippen LogP contribution in [0.4, 0.5) is 4.39 Å². The Kier molecular flexibility index (Phi) is 6.07. The number of H-pyrrole nitrogens is 1. The van der Waals surface area contributed by atoms with E-state index in [-0.39, 0.29) is 5.82 Å². The minimum absolute atomic E-state index is 0.252. The van der Waals surface area contributed by atoms with E-state index < -0.39 is 0 Å². The summed E-state index contributed by atoms with van der Waals surface area (Å²) < 4.78 is 13.2. The molecule has 152 valence electrons. The normalized spacial score (nSPS) is 16.6. The van der Waals surface area contributed by atoms with Crippen LogP contribution in [0.1, 0.15) is 55.0 Å². The summed E-state index contributed by atoms with van der Waals surface area (Å²) in [7, 11) is 0. The molecular formula is C25H28ClFN2. The van der Waals surface area contributed by atoms with Crippen molar-refractivity contribution in [2.75, 3.05) is 19.6 Å². The van der Waals surface area contributed by atoms with E-state index in [1.54, 1.807) is 12.1 Å². The highest BCUT2D eigenvalue weighted by molar-refractivity contribution is 6.51. The topological polar surface area (TPSA) is 19.0 Å². The van der Waals surface area contributed by atoms with Gasteiger partial charge in [0.1, 0.15) is 5.82 Å². The molecule has 0 atom stereocenters. The molecule has 0 spiro atoms. The number of nitrogens with one attached hydrogen (secondary N) is 1. The highest BCUT2D eigenvalue weighted by Gasteiger charge is 2.24. The number of piperidine rings is 1. The van der Waals surface area contributed by atoms with E-state index in [0.717, 1.165) is 24.1 Å². The van der Waals surface area contributed by atoms with Crippen molar-refractivity contribution < 1.29 is 4.39 Å². The molecule has 1 N–H and O–H groups in total. The second-order valence-corrected chi connectivity index (χ2v) is 8.29. The number of halogens is 2. The second kappa shape index (κ2) is 8.73. The number of likely N-dealkylation sites (tertiary alicyclic amines) is 1. The molecule has 1 aliphatic rings. The van der Waals surface area contributed by atoms with Crippen LogP contribution >= 0.6 is 11.6 Å². The number of hydrogen-bond donors (Lipinski definition) is 1. The van der Waals surface area contributed by atoms with Crippen LogP contribution in [0.15, 0.2) is 42.5 Å². The van der Waals surface area contributed by atoms with Crippen LogP contribution in [-0.4, -0.2) is 29.5 Å². The van der Waals surface area contributed by atoms with Crippen LogP contribution in [0.3, 0.4) is 0 Å². The summed E-state index contributed by atoms with van der Waals surface area (Å²) in [6.07, 6.45) is 5.41. The van der Waals surface area contributed by atoms with Gasteiger partial charge in [-0.2, -0.15) is 0 Å². The van der Waals surface area contributed by atoms with Crippen LogP contribution in [0.25, 0.3) is 22.0 Å². The molecule has 0 saturated carbocycles. The van der Waals surface area contributed by atoms with Gasteiger partial charge in [-0.05, 0) is 91.8 Å². The van der Waals surface area contributed by atoms with Gasteiger partial charge in [0, 0.05) is 21.6 Å². The summed E-state index contributed by atoms with van der Waals surface area (Å²) in [5, 5.41) is 1.93. The lowest BCUT2D eigenvalue weighted by Gasteiger charge is -2.31. The van der Waals surface area contributed by atoms with Gasteiger partial charge in [-0.1, -0.05) is 43.6 Å². The Hall–Kier alpha value is -2.10. The average Bonchev–Trinajstić information content (AvgIpc) is 3.12. The third-order valence-corrected chi connectivity index (χ3v) is 6.48. The number of nitrogens with zero attached hydrogens (tertiary/aromatic N) is 1. The lowest BCUT2D eigenvalue weighted by Crippen LogP contribution is -2.32. The monoisotopic (exact) mass is 410 g/mol. The van der Waals surface area contributed by atoms with Crippen molar-refractivity contribution in [2.24, 2.45) is 0 Å². The molecule has 4 rings (SSSR count). The van der Waals surface area contributed by atoms with Gasteiger partial charge in [-0.25, -0.2) is 4.39 Å². The highest BCUT2D eigenvalue weighted by Crippen LogP contribution is 2.37. The third kappa shape index (κ3) is 4.26. The maximum absolute atomic E-state index is 13.2. The van der Waals surface area contributed by atoms with Gasteiger partial charge in [0.05, 0.1) is 0 Å². The van der Waals surface area contributed by atoms with E-state index in [1.807, 2.05) is 6.08 Å². The zero-order chi connectivity index (χ0) is 20.4. The van der Waals surface area contributed by atoms with Gasteiger partial charge in [-0.15, -0.1) is 0 Å². The zero-order valence-electron chi connectivity index (χ0n) is 17.1. The van der Waals surface area contributed by atoms with Crippen LogP contribution in [0.2, 0.25) is 0 Å². The molecule has 3 aromatic rings. The number of aromatic nitrogens is 1. The molecule has 1 aliphatic heterocycles. The first-order valence-electron chi connectivity index (χ1n) is 10.6. The summed E-state index contributed by atoms with van der Waals surface area (Å²) in [5.74, 6) is 0.353. The Morgan fingerprint density at radius 2 is 1.86 bits per heavy atom. The number of aryl methyl sites for hydroxylation is 1. The van der Waals surface area contributed by atoms with Gasteiger partial charge >= 0.3 is 0 Å². The third-order valence-electron chi connectivity index (χ3n) is 6.15. The standard InChI is InChI=1S/C25H28ClFN2/c1-3-23-25(19-11-13-29(4-2)14-12-19)21-15-17(5-10-24(21)28-23)16-22(26)18-6-8-20(27)9-7-18/h5-10,15-16,19,28H,3-4,11-14H2,1-2H3/b22-16-. The van der Waals surface area contributed by atoms with E-state index in [9.17, 15) is 4.39 Å². The minimum Gasteiger partial charge on any atom is -0.358 e. The number of aromatic amines is 1. The van der Waals surface area contributed by atoms with Gasteiger partial charge in [0.15, 0.2) is 0 Å². The first-order chi connectivity index (χ1) is 14.1. The van der Waals surface area contributed by atoms with E-state index >= 15 is 0 Å². The number of benzene rings is 2. The first-order valence-corrected chi connectivity index (χ1v) is 11.0. The number of fused-ring (bicyclic) bond motifs is 1. The summed E-state index contributed by atoms with van der Waals surface area (Å²) in [4.78, 5) is 6.18. The Balaban J connectivity index is 1.69. The molecule has 29 heavy (non-hydrogen) atoms. The quantitative estimate of drug-likeness (QED) is 0.458. The maximum atomic E-state index is 13.2. The number of rotatable bonds is 5. The molecule has 0 bridgehead atoms. The summed E-state index contributed by atoms with van der Waals surface area (Å²) in [6.45, 7) is 7.95. The van der Waals surface area contributed by atoms with Crippen LogP contribution in [-0.2, 0) is 6.42 Å². The second-order valence-electron chi connectivity index (χ2n) is 7.88. The molecule has 2 aromatic carbocycles. The Bertz CT molecular complexity index is 1010. The Morgan fingerprint density at radius 1 is 1.14 bits per heavy atom. The summed E-state index contributed by atoms with van der Waals surface area (Å²) in [5.41, 5.74) is 5.95. The molecule has 0 aliphatic carbocycles. The fourth-order valence-corrected chi connectivity index (χ4v) is 4.75. The lowest BCUT2D eigenvalue weighted by molar-refractivity contribution is 0.222. The van der Waals surface area contributed by atoms with Crippen molar-refractivity contribution in [3.05, 3.63) is 70.7 Å². The van der Waals surface area contributed by atoms with E-state index in [2.05, 4.69) is 41.9 Å². The minimum atomic E-state index is -0.252. The molecule has 0 unspecified atom stereocenters. The van der Waals surface area contributed by atoms with Crippen molar-refractivity contribution in [2.45, 2.75) is 39.0 Å². The van der Waals surface area contributed by atoms with E-state index in [0.29, 0.717) is 11.0 Å². The largest absolute Gasteiger partial charge is 0.358 e. The Morgan fingerprint density at radius 3 is 2.52 bits per heavy atom. The summed E-state index contributed by atoms with van der Waals surface area (Å²) in [6, 6.07) is 12.8. The van der Waals surface area contributed by atoms with Gasteiger partial charge in [0.25, 0.3) is 0 Å². The predicted molar refractivity (Wildman–Crippen MR) is 122 cm³/mol. The fourth-order valence-electron chi connectivity index (χ4n) is 4.50. The van der Waals surface area contributed by atoms with Crippen LogP contribution in [0, 0.1) is 5.82 Å².